The highest BCUT2D eigenvalue weighted by molar-refractivity contribution is 5.63. The quantitative estimate of drug-likeness (QED) is 0.626. The van der Waals surface area contributed by atoms with Crippen LogP contribution in [0.25, 0.3) is 0 Å². The van der Waals surface area contributed by atoms with E-state index in [9.17, 15) is 10.1 Å². The zero-order chi connectivity index (χ0) is 12.4. The van der Waals surface area contributed by atoms with Crippen LogP contribution in [0.3, 0.4) is 0 Å². The minimum Gasteiger partial charge on any atom is -0.364 e. The second kappa shape index (κ2) is 4.71. The Morgan fingerprint density at radius 3 is 2.76 bits per heavy atom. The van der Waals surface area contributed by atoms with Crippen molar-refractivity contribution in [1.82, 2.24) is 0 Å². The maximum atomic E-state index is 11.0. The first kappa shape index (κ1) is 11.9. The molecule has 2 rings (SSSR count). The molecule has 0 aromatic heterocycles. The van der Waals surface area contributed by atoms with E-state index >= 15 is 0 Å². The van der Waals surface area contributed by atoms with Crippen LogP contribution in [0.5, 0.6) is 0 Å². The lowest BCUT2D eigenvalue weighted by Gasteiger charge is -2.36. The van der Waals surface area contributed by atoms with Gasteiger partial charge in [-0.3, -0.25) is 10.1 Å². The lowest BCUT2D eigenvalue weighted by Crippen LogP contribution is -2.46. The number of para-hydroxylation sites is 2. The van der Waals surface area contributed by atoms with Crippen LogP contribution in [0.15, 0.2) is 24.3 Å². The molecule has 5 heteroatoms. The number of rotatable bonds is 2. The largest absolute Gasteiger partial charge is 0.364 e. The zero-order valence-electron chi connectivity index (χ0n) is 9.87. The van der Waals surface area contributed by atoms with Gasteiger partial charge in [0.05, 0.1) is 4.92 Å². The molecular formula is C12H17N3O2. The van der Waals surface area contributed by atoms with Gasteiger partial charge >= 0.3 is 0 Å². The van der Waals surface area contributed by atoms with Crippen molar-refractivity contribution in [3.8, 4) is 0 Å². The predicted octanol–water partition coefficient (Wildman–Crippen LogP) is 1.77. The summed E-state index contributed by atoms with van der Waals surface area (Å²) in [5, 5.41) is 11.0. The van der Waals surface area contributed by atoms with Gasteiger partial charge in [-0.15, -0.1) is 0 Å². The first-order valence-electron chi connectivity index (χ1n) is 5.82. The number of nitro groups is 1. The molecule has 0 spiro atoms. The molecule has 5 nitrogen and oxygen atoms in total. The highest BCUT2D eigenvalue weighted by atomic mass is 16.6. The van der Waals surface area contributed by atoms with E-state index < -0.39 is 0 Å². The van der Waals surface area contributed by atoms with Crippen LogP contribution in [0.4, 0.5) is 11.4 Å². The molecule has 2 unspecified atom stereocenters. The first-order valence-corrected chi connectivity index (χ1v) is 5.82. The molecule has 1 aromatic carbocycles. The van der Waals surface area contributed by atoms with Crippen LogP contribution < -0.4 is 10.6 Å². The number of benzene rings is 1. The average Bonchev–Trinajstić information content (AvgIpc) is 2.27. The number of hydrogen-bond donors (Lipinski definition) is 1. The van der Waals surface area contributed by atoms with Crippen molar-refractivity contribution < 1.29 is 4.92 Å². The number of piperidine rings is 1. The van der Waals surface area contributed by atoms with Gasteiger partial charge in [-0.25, -0.2) is 0 Å². The van der Waals surface area contributed by atoms with Crippen LogP contribution in [0.2, 0.25) is 0 Å². The Kier molecular flexibility index (Phi) is 3.28. The number of nitrogens with two attached hydrogens (primary N) is 1. The molecule has 0 aliphatic carbocycles. The van der Waals surface area contributed by atoms with Gasteiger partial charge in [0.25, 0.3) is 5.69 Å². The molecule has 2 N–H and O–H groups in total. The lowest BCUT2D eigenvalue weighted by atomic mass is 9.96. The van der Waals surface area contributed by atoms with Gasteiger partial charge in [0.1, 0.15) is 5.69 Å². The van der Waals surface area contributed by atoms with E-state index in [2.05, 4.69) is 6.92 Å². The summed E-state index contributed by atoms with van der Waals surface area (Å²) >= 11 is 0. The first-order chi connectivity index (χ1) is 8.08. The Hall–Kier alpha value is -1.62. The predicted molar refractivity (Wildman–Crippen MR) is 67.1 cm³/mol. The van der Waals surface area contributed by atoms with Crippen molar-refractivity contribution in [3.63, 3.8) is 0 Å². The van der Waals surface area contributed by atoms with Gasteiger partial charge in [-0.1, -0.05) is 19.1 Å². The highest BCUT2D eigenvalue weighted by Crippen LogP contribution is 2.30. The fraction of sp³-hybridized carbons (Fsp3) is 0.500. The summed E-state index contributed by atoms with van der Waals surface area (Å²) < 4.78 is 0. The van der Waals surface area contributed by atoms with Crippen molar-refractivity contribution in [1.29, 1.82) is 0 Å². The van der Waals surface area contributed by atoms with Crippen molar-refractivity contribution in [2.75, 3.05) is 18.0 Å². The molecule has 1 aliphatic rings. The van der Waals surface area contributed by atoms with Crippen LogP contribution in [-0.4, -0.2) is 24.1 Å². The number of nitro benzene ring substituents is 1. The summed E-state index contributed by atoms with van der Waals surface area (Å²) in [5.74, 6) is 0.471. The number of nitrogens with zero attached hydrogens (tertiary/aromatic N) is 2. The third-order valence-electron chi connectivity index (χ3n) is 3.11. The zero-order valence-corrected chi connectivity index (χ0v) is 9.87. The van der Waals surface area contributed by atoms with E-state index in [1.54, 1.807) is 18.2 Å². The Morgan fingerprint density at radius 2 is 2.12 bits per heavy atom. The molecule has 0 amide bonds. The minimum atomic E-state index is -0.333. The Balaban J connectivity index is 2.30. The summed E-state index contributed by atoms with van der Waals surface area (Å²) in [6.45, 7) is 3.65. The van der Waals surface area contributed by atoms with Crippen molar-refractivity contribution in [2.45, 2.75) is 19.4 Å². The van der Waals surface area contributed by atoms with Crippen LogP contribution in [-0.2, 0) is 0 Å². The molecule has 1 saturated heterocycles. The SMILES string of the molecule is CC1CC(N)CN(c2ccccc2[N+](=O)[O-])C1. The lowest BCUT2D eigenvalue weighted by molar-refractivity contribution is -0.384. The van der Waals surface area contributed by atoms with Crippen molar-refractivity contribution in [2.24, 2.45) is 11.7 Å². The molecule has 0 saturated carbocycles. The van der Waals surface area contributed by atoms with Crippen molar-refractivity contribution >= 4 is 11.4 Å². The summed E-state index contributed by atoms with van der Waals surface area (Å²) in [6, 6.07) is 6.95. The van der Waals surface area contributed by atoms with Gasteiger partial charge in [0, 0.05) is 25.2 Å². The number of anilines is 1. The number of hydrogen-bond acceptors (Lipinski definition) is 4. The Bertz CT molecular complexity index is 412. The molecule has 1 heterocycles. The molecule has 0 radical (unpaired) electrons. The van der Waals surface area contributed by atoms with Gasteiger partial charge in [-0.05, 0) is 18.4 Å². The van der Waals surface area contributed by atoms with Gasteiger partial charge in [0.15, 0.2) is 0 Å². The molecule has 1 fully saturated rings. The molecule has 92 valence electrons. The van der Waals surface area contributed by atoms with Crippen LogP contribution in [0.1, 0.15) is 13.3 Å². The average molecular weight is 235 g/mol. The minimum absolute atomic E-state index is 0.0959. The van der Waals surface area contributed by atoms with E-state index in [1.165, 1.54) is 0 Å². The van der Waals surface area contributed by atoms with Crippen LogP contribution >= 0.6 is 0 Å². The van der Waals surface area contributed by atoms with Gasteiger partial charge < -0.3 is 10.6 Å². The van der Waals surface area contributed by atoms with Gasteiger partial charge in [0.2, 0.25) is 0 Å². The second-order valence-corrected chi connectivity index (χ2v) is 4.75. The van der Waals surface area contributed by atoms with E-state index in [0.29, 0.717) is 18.2 Å². The monoisotopic (exact) mass is 235 g/mol. The van der Waals surface area contributed by atoms with E-state index in [-0.39, 0.29) is 16.7 Å². The maximum Gasteiger partial charge on any atom is 0.292 e. The maximum absolute atomic E-state index is 11.0. The molecule has 0 bridgehead atoms. The van der Waals surface area contributed by atoms with E-state index in [1.807, 2.05) is 11.0 Å². The van der Waals surface area contributed by atoms with E-state index in [4.69, 9.17) is 5.73 Å². The Morgan fingerprint density at radius 1 is 1.41 bits per heavy atom. The summed E-state index contributed by atoms with van der Waals surface area (Å²) in [7, 11) is 0. The summed E-state index contributed by atoms with van der Waals surface area (Å²) in [4.78, 5) is 12.7. The van der Waals surface area contributed by atoms with E-state index in [0.717, 1.165) is 13.0 Å². The Labute approximate surface area is 100 Å². The molecule has 17 heavy (non-hydrogen) atoms. The standard InChI is InChI=1S/C12H17N3O2/c1-9-6-10(13)8-14(7-9)11-4-2-3-5-12(11)15(16)17/h2-5,9-10H,6-8,13H2,1H3. The smallest absolute Gasteiger partial charge is 0.292 e. The third kappa shape index (κ3) is 2.55. The third-order valence-corrected chi connectivity index (χ3v) is 3.11. The van der Waals surface area contributed by atoms with Crippen LogP contribution in [0, 0.1) is 16.0 Å². The summed E-state index contributed by atoms with van der Waals surface area (Å²) in [5.41, 5.74) is 6.81. The molecule has 1 aromatic rings. The van der Waals surface area contributed by atoms with Crippen molar-refractivity contribution in [3.05, 3.63) is 34.4 Å². The fourth-order valence-corrected chi connectivity index (χ4v) is 2.48. The second-order valence-electron chi connectivity index (χ2n) is 4.75. The fourth-order valence-electron chi connectivity index (χ4n) is 2.48. The topological polar surface area (TPSA) is 72.4 Å². The molecular weight excluding hydrogens is 218 g/mol. The molecule has 1 aliphatic heterocycles. The molecule has 2 atom stereocenters. The normalized spacial score (nSPS) is 24.7. The van der Waals surface area contributed by atoms with Gasteiger partial charge in [-0.2, -0.15) is 0 Å². The highest BCUT2D eigenvalue weighted by Gasteiger charge is 2.26. The summed E-state index contributed by atoms with van der Waals surface area (Å²) in [6.07, 6.45) is 0.983.